The number of amides is 2. The molecular formula is C33H39Cl2FN4O3. The van der Waals surface area contributed by atoms with Gasteiger partial charge in [-0.05, 0) is 113 Å². The van der Waals surface area contributed by atoms with E-state index in [4.69, 9.17) is 33.7 Å². The van der Waals surface area contributed by atoms with Gasteiger partial charge in [0.1, 0.15) is 11.6 Å². The van der Waals surface area contributed by atoms with Crippen LogP contribution in [0.4, 0.5) is 10.1 Å². The zero-order chi connectivity index (χ0) is 31.5. The van der Waals surface area contributed by atoms with E-state index in [1.54, 1.807) is 50.2 Å². The van der Waals surface area contributed by atoms with E-state index >= 15 is 0 Å². The standard InChI is InChI=1S/C33H39Cl2FN4O3/c1-19-7-10-22(36)17-24(19)31-30(23-11-8-21(35)16-27(23)37)26(18-29(41)39-31)25-15-20(34)9-12-28(25)43-33(2,3)32(42)38-13-6-14-40(4)5/h7-12,15-17,26,30-31H,6,13-14,18,37H2,1-5H3,(H,38,42)(H,39,41)/t26-,30+,31+/m1/s1. The van der Waals surface area contributed by atoms with E-state index in [0.29, 0.717) is 39.2 Å². The molecule has 1 heterocycles. The predicted octanol–water partition coefficient (Wildman–Crippen LogP) is 6.38. The molecule has 0 saturated carbocycles. The van der Waals surface area contributed by atoms with Gasteiger partial charge in [-0.15, -0.1) is 0 Å². The molecule has 0 radical (unpaired) electrons. The van der Waals surface area contributed by atoms with Crippen molar-refractivity contribution in [2.24, 2.45) is 0 Å². The molecule has 4 N–H and O–H groups in total. The van der Waals surface area contributed by atoms with Crippen molar-refractivity contribution in [2.75, 3.05) is 32.9 Å². The third-order valence-corrected chi connectivity index (χ3v) is 8.32. The van der Waals surface area contributed by atoms with Crippen LogP contribution >= 0.6 is 23.2 Å². The number of aryl methyl sites for hydroxylation is 1. The lowest BCUT2D eigenvalue weighted by Gasteiger charge is -2.41. The monoisotopic (exact) mass is 628 g/mol. The van der Waals surface area contributed by atoms with Crippen molar-refractivity contribution in [1.82, 2.24) is 15.5 Å². The van der Waals surface area contributed by atoms with Crippen LogP contribution in [0.2, 0.25) is 10.0 Å². The first-order valence-electron chi connectivity index (χ1n) is 14.3. The topological polar surface area (TPSA) is 96.7 Å². The van der Waals surface area contributed by atoms with Gasteiger partial charge in [0, 0.05) is 40.5 Å². The van der Waals surface area contributed by atoms with Crippen molar-refractivity contribution in [1.29, 1.82) is 0 Å². The molecule has 230 valence electrons. The molecule has 4 rings (SSSR count). The van der Waals surface area contributed by atoms with Crippen molar-refractivity contribution < 1.29 is 18.7 Å². The average molecular weight is 630 g/mol. The predicted molar refractivity (Wildman–Crippen MR) is 170 cm³/mol. The van der Waals surface area contributed by atoms with Crippen molar-refractivity contribution >= 4 is 40.7 Å². The largest absolute Gasteiger partial charge is 0.478 e. The molecule has 1 aliphatic rings. The third-order valence-electron chi connectivity index (χ3n) is 7.85. The summed E-state index contributed by atoms with van der Waals surface area (Å²) >= 11 is 12.8. The molecule has 1 saturated heterocycles. The van der Waals surface area contributed by atoms with Gasteiger partial charge in [-0.25, -0.2) is 4.39 Å². The molecule has 0 aliphatic carbocycles. The molecule has 10 heteroatoms. The highest BCUT2D eigenvalue weighted by Gasteiger charge is 2.43. The Morgan fingerprint density at radius 3 is 2.47 bits per heavy atom. The first-order chi connectivity index (χ1) is 20.3. The fourth-order valence-electron chi connectivity index (χ4n) is 5.68. The number of carbonyl (C=O) groups is 2. The molecule has 3 atom stereocenters. The number of carbonyl (C=O) groups excluding carboxylic acids is 2. The van der Waals surface area contributed by atoms with Crippen LogP contribution in [0.25, 0.3) is 0 Å². The summed E-state index contributed by atoms with van der Waals surface area (Å²) in [7, 11) is 3.96. The van der Waals surface area contributed by atoms with Gasteiger partial charge in [0.25, 0.3) is 5.91 Å². The van der Waals surface area contributed by atoms with Crippen molar-refractivity contribution in [3.8, 4) is 5.75 Å². The molecule has 1 fully saturated rings. The Bertz CT molecular complexity index is 1500. The number of rotatable bonds is 10. The number of nitrogen functional groups attached to an aromatic ring is 1. The number of hydrogen-bond donors (Lipinski definition) is 3. The summed E-state index contributed by atoms with van der Waals surface area (Å²) in [4.78, 5) is 28.6. The zero-order valence-corrected chi connectivity index (χ0v) is 26.7. The van der Waals surface area contributed by atoms with Gasteiger partial charge in [-0.2, -0.15) is 0 Å². The van der Waals surface area contributed by atoms with Crippen LogP contribution in [0, 0.1) is 12.7 Å². The maximum absolute atomic E-state index is 14.6. The number of nitrogens with zero attached hydrogens (tertiary/aromatic N) is 1. The second-order valence-electron chi connectivity index (χ2n) is 11.9. The van der Waals surface area contributed by atoms with Gasteiger partial charge in [0.05, 0.1) is 6.04 Å². The second-order valence-corrected chi connectivity index (χ2v) is 12.7. The first kappa shape index (κ1) is 32.6. The quantitative estimate of drug-likeness (QED) is 0.179. The lowest BCUT2D eigenvalue weighted by molar-refractivity contribution is -0.134. The Morgan fingerprint density at radius 2 is 1.77 bits per heavy atom. The van der Waals surface area contributed by atoms with Gasteiger partial charge in [-0.3, -0.25) is 9.59 Å². The third kappa shape index (κ3) is 7.80. The highest BCUT2D eigenvalue weighted by Crippen LogP contribution is 2.51. The summed E-state index contributed by atoms with van der Waals surface area (Å²) in [5.74, 6) is -1.40. The van der Waals surface area contributed by atoms with Gasteiger partial charge >= 0.3 is 0 Å². The minimum absolute atomic E-state index is 0.0887. The molecule has 0 bridgehead atoms. The zero-order valence-electron chi connectivity index (χ0n) is 25.1. The van der Waals surface area contributed by atoms with Crippen molar-refractivity contribution in [3.05, 3.63) is 92.7 Å². The van der Waals surface area contributed by atoms with E-state index in [1.165, 1.54) is 12.1 Å². The molecule has 1 aliphatic heterocycles. The molecule has 7 nitrogen and oxygen atoms in total. The number of anilines is 1. The second kappa shape index (κ2) is 13.5. The fraction of sp³-hybridized carbons (Fsp3) is 0.394. The van der Waals surface area contributed by atoms with E-state index in [1.807, 2.05) is 27.1 Å². The van der Waals surface area contributed by atoms with Crippen LogP contribution in [0.3, 0.4) is 0 Å². The van der Waals surface area contributed by atoms with Crippen LogP contribution in [0.5, 0.6) is 5.75 Å². The van der Waals surface area contributed by atoms with Crippen LogP contribution in [-0.4, -0.2) is 49.5 Å². The minimum atomic E-state index is -1.23. The number of piperidine rings is 1. The number of nitrogens with one attached hydrogen (secondary N) is 2. The smallest absolute Gasteiger partial charge is 0.263 e. The van der Waals surface area contributed by atoms with Crippen LogP contribution < -0.4 is 21.1 Å². The Kier molecular flexibility index (Phi) is 10.3. The Morgan fingerprint density at radius 1 is 1.07 bits per heavy atom. The summed E-state index contributed by atoms with van der Waals surface area (Å²) in [5.41, 5.74) is 8.60. The van der Waals surface area contributed by atoms with Crippen LogP contribution in [0.15, 0.2) is 54.6 Å². The molecule has 0 aromatic heterocycles. The summed E-state index contributed by atoms with van der Waals surface area (Å²) in [6.45, 7) is 6.63. The SMILES string of the molecule is Cc1ccc(F)cc1[C@@H]1NC(=O)C[C@H](c2cc(Cl)ccc2OC(C)(C)C(=O)NCCCN(C)C)[C@@H]1c1ccc(Cl)cc1N. The van der Waals surface area contributed by atoms with Crippen LogP contribution in [-0.2, 0) is 9.59 Å². The summed E-state index contributed by atoms with van der Waals surface area (Å²) in [6, 6.07) is 14.3. The molecule has 2 amide bonds. The molecule has 3 aromatic carbocycles. The number of nitrogens with two attached hydrogens (primary N) is 1. The average Bonchev–Trinajstić information content (AvgIpc) is 2.93. The van der Waals surface area contributed by atoms with E-state index in [-0.39, 0.29) is 18.2 Å². The Hall–Kier alpha value is -3.33. The highest BCUT2D eigenvalue weighted by atomic mass is 35.5. The number of hydrogen-bond acceptors (Lipinski definition) is 5. The number of ether oxygens (including phenoxy) is 1. The molecular weight excluding hydrogens is 590 g/mol. The minimum Gasteiger partial charge on any atom is -0.478 e. The summed E-state index contributed by atoms with van der Waals surface area (Å²) in [6.07, 6.45) is 0.884. The van der Waals surface area contributed by atoms with Gasteiger partial charge < -0.3 is 26.0 Å². The van der Waals surface area contributed by atoms with Crippen LogP contribution in [0.1, 0.15) is 66.8 Å². The Labute approximate surface area is 262 Å². The Balaban J connectivity index is 1.79. The lowest BCUT2D eigenvalue weighted by Crippen LogP contribution is -2.47. The van der Waals surface area contributed by atoms with Crippen molar-refractivity contribution in [3.63, 3.8) is 0 Å². The molecule has 0 spiro atoms. The van der Waals surface area contributed by atoms with Gasteiger partial charge in [0.15, 0.2) is 5.60 Å². The number of benzene rings is 3. The van der Waals surface area contributed by atoms with Gasteiger partial charge in [0.2, 0.25) is 5.91 Å². The summed E-state index contributed by atoms with van der Waals surface area (Å²) < 4.78 is 21.0. The maximum Gasteiger partial charge on any atom is 0.263 e. The van der Waals surface area contributed by atoms with E-state index in [2.05, 4.69) is 15.5 Å². The first-order valence-corrected chi connectivity index (χ1v) is 15.0. The molecule has 0 unspecified atom stereocenters. The summed E-state index contributed by atoms with van der Waals surface area (Å²) in [5, 5.41) is 6.97. The van der Waals surface area contributed by atoms with E-state index < -0.39 is 29.3 Å². The highest BCUT2D eigenvalue weighted by molar-refractivity contribution is 6.31. The van der Waals surface area contributed by atoms with E-state index in [9.17, 15) is 14.0 Å². The fourth-order valence-corrected chi connectivity index (χ4v) is 6.04. The normalized spacial score (nSPS) is 18.8. The van der Waals surface area contributed by atoms with Gasteiger partial charge in [-0.1, -0.05) is 35.3 Å². The maximum atomic E-state index is 14.6. The number of halogens is 3. The molecule has 3 aromatic rings. The molecule has 43 heavy (non-hydrogen) atoms. The lowest BCUT2D eigenvalue weighted by atomic mass is 9.70. The van der Waals surface area contributed by atoms with E-state index in [0.717, 1.165) is 24.1 Å². The van der Waals surface area contributed by atoms with Crippen molar-refractivity contribution in [2.45, 2.75) is 57.1 Å².